The van der Waals surface area contributed by atoms with Gasteiger partial charge in [0.05, 0.1) is 17.4 Å². The van der Waals surface area contributed by atoms with E-state index in [1.165, 1.54) is 11.1 Å². The minimum Gasteiger partial charge on any atom is -0.481 e. The molecule has 1 unspecified atom stereocenters. The molecule has 1 aliphatic heterocycles. The molecule has 2 aromatic rings. The second kappa shape index (κ2) is 9.02. The number of hydrogen-bond donors (Lipinski definition) is 2. The van der Waals surface area contributed by atoms with Crippen molar-refractivity contribution in [2.24, 2.45) is 5.41 Å². The van der Waals surface area contributed by atoms with Crippen molar-refractivity contribution in [2.75, 3.05) is 19.7 Å². The molecule has 5 rings (SSSR count). The molecule has 7 nitrogen and oxygen atoms in total. The average molecular weight is 477 g/mol. The normalized spacial score (nSPS) is 22.1. The van der Waals surface area contributed by atoms with Crippen LogP contribution in [0.25, 0.3) is 11.1 Å². The van der Waals surface area contributed by atoms with Gasteiger partial charge in [-0.15, -0.1) is 0 Å². The lowest BCUT2D eigenvalue weighted by Crippen LogP contribution is -2.56. The molecule has 0 aromatic heterocycles. The first-order chi connectivity index (χ1) is 16.9. The lowest BCUT2D eigenvalue weighted by Gasteiger charge is -2.42. The summed E-state index contributed by atoms with van der Waals surface area (Å²) < 4.78 is 5.71. The molecule has 2 N–H and O–H groups in total. The smallest absolute Gasteiger partial charge is 0.407 e. The van der Waals surface area contributed by atoms with Crippen LogP contribution in [-0.2, 0) is 14.3 Å². The van der Waals surface area contributed by atoms with E-state index in [1.54, 1.807) is 4.90 Å². The molecule has 2 aliphatic carbocycles. The standard InChI is InChI=1S/C28H32N2O5/c1-2-27(25(32)33)14-15-30(18-27)24(31)16-28(12-7-13-28)29-26(34)35-17-23-21-10-5-3-8-19(21)20-9-4-6-11-22(20)23/h3-6,8-11,23H,2,7,12-18H2,1H3,(H,29,34)(H,32,33). The summed E-state index contributed by atoms with van der Waals surface area (Å²) in [5.41, 5.74) is 3.19. The summed E-state index contributed by atoms with van der Waals surface area (Å²) in [6.07, 6.45) is 3.01. The number of carboxylic acids is 1. The molecular weight excluding hydrogens is 444 g/mol. The third-order valence-corrected chi connectivity index (χ3v) is 8.35. The topological polar surface area (TPSA) is 95.9 Å². The Hall–Kier alpha value is -3.35. The quantitative estimate of drug-likeness (QED) is 0.611. The van der Waals surface area contributed by atoms with Gasteiger partial charge < -0.3 is 20.1 Å². The number of aliphatic carboxylic acids is 1. The number of amides is 2. The molecule has 184 valence electrons. The molecule has 2 fully saturated rings. The molecule has 1 heterocycles. The molecule has 3 aliphatic rings. The number of nitrogens with zero attached hydrogens (tertiary/aromatic N) is 1. The van der Waals surface area contributed by atoms with Crippen molar-refractivity contribution >= 4 is 18.0 Å². The van der Waals surface area contributed by atoms with E-state index in [2.05, 4.69) is 29.6 Å². The van der Waals surface area contributed by atoms with Crippen LogP contribution in [0.3, 0.4) is 0 Å². The molecule has 0 spiro atoms. The van der Waals surface area contributed by atoms with E-state index in [0.717, 1.165) is 17.5 Å². The molecule has 1 saturated carbocycles. The highest BCUT2D eigenvalue weighted by Gasteiger charge is 2.47. The third-order valence-electron chi connectivity index (χ3n) is 8.35. The fourth-order valence-corrected chi connectivity index (χ4v) is 5.90. The third kappa shape index (κ3) is 4.17. The Bertz CT molecular complexity index is 1110. The molecule has 1 atom stereocenters. The van der Waals surface area contributed by atoms with E-state index in [4.69, 9.17) is 4.74 Å². The predicted molar refractivity (Wildman–Crippen MR) is 131 cm³/mol. The number of benzene rings is 2. The number of carbonyl (C=O) groups is 3. The molecule has 1 saturated heterocycles. The van der Waals surface area contributed by atoms with Gasteiger partial charge in [0.25, 0.3) is 0 Å². The van der Waals surface area contributed by atoms with Crippen LogP contribution in [0.15, 0.2) is 48.5 Å². The number of alkyl carbamates (subject to hydrolysis) is 1. The first-order valence-electron chi connectivity index (χ1n) is 12.5. The van der Waals surface area contributed by atoms with Gasteiger partial charge in [0.15, 0.2) is 0 Å². The van der Waals surface area contributed by atoms with Gasteiger partial charge in [0, 0.05) is 19.0 Å². The Morgan fingerprint density at radius 3 is 2.17 bits per heavy atom. The van der Waals surface area contributed by atoms with Crippen molar-refractivity contribution in [3.8, 4) is 11.1 Å². The van der Waals surface area contributed by atoms with Gasteiger partial charge in [-0.25, -0.2) is 4.79 Å². The molecule has 7 heteroatoms. The minimum absolute atomic E-state index is 0.0186. The van der Waals surface area contributed by atoms with Crippen LogP contribution in [0.2, 0.25) is 0 Å². The van der Waals surface area contributed by atoms with Gasteiger partial charge in [-0.3, -0.25) is 9.59 Å². The summed E-state index contributed by atoms with van der Waals surface area (Å²) in [7, 11) is 0. The van der Waals surface area contributed by atoms with E-state index in [-0.39, 0.29) is 31.4 Å². The summed E-state index contributed by atoms with van der Waals surface area (Å²) in [6.45, 7) is 2.76. The molecule has 2 aromatic carbocycles. The number of hydrogen-bond acceptors (Lipinski definition) is 4. The van der Waals surface area contributed by atoms with E-state index in [9.17, 15) is 19.5 Å². The highest BCUT2D eigenvalue weighted by atomic mass is 16.5. The first-order valence-corrected chi connectivity index (χ1v) is 12.5. The number of fused-ring (bicyclic) bond motifs is 3. The number of rotatable bonds is 7. The maximum Gasteiger partial charge on any atom is 0.407 e. The van der Waals surface area contributed by atoms with E-state index < -0.39 is 23.0 Å². The monoisotopic (exact) mass is 476 g/mol. The van der Waals surface area contributed by atoms with Crippen LogP contribution < -0.4 is 5.32 Å². The fourth-order valence-electron chi connectivity index (χ4n) is 5.90. The van der Waals surface area contributed by atoms with Crippen LogP contribution in [0.4, 0.5) is 4.79 Å². The van der Waals surface area contributed by atoms with E-state index >= 15 is 0 Å². The Kier molecular flexibility index (Phi) is 6.03. The number of nitrogens with one attached hydrogen (secondary N) is 1. The maximum atomic E-state index is 13.0. The van der Waals surface area contributed by atoms with Gasteiger partial charge in [0.1, 0.15) is 6.61 Å². The van der Waals surface area contributed by atoms with Crippen LogP contribution in [0, 0.1) is 5.41 Å². The SMILES string of the molecule is CCC1(C(=O)O)CCN(C(=O)CC2(NC(=O)OCC3c4ccccc4-c4ccccc43)CCC2)C1. The molecule has 35 heavy (non-hydrogen) atoms. The van der Waals surface area contributed by atoms with Gasteiger partial charge >= 0.3 is 12.1 Å². The van der Waals surface area contributed by atoms with Crippen molar-refractivity contribution in [1.82, 2.24) is 10.2 Å². The van der Waals surface area contributed by atoms with E-state index in [1.807, 2.05) is 31.2 Å². The first kappa shape index (κ1) is 23.4. The average Bonchev–Trinajstić information content (AvgIpc) is 3.42. The van der Waals surface area contributed by atoms with Crippen molar-refractivity contribution < 1.29 is 24.2 Å². The lowest BCUT2D eigenvalue weighted by atomic mass is 9.74. The predicted octanol–water partition coefficient (Wildman–Crippen LogP) is 4.55. The largest absolute Gasteiger partial charge is 0.481 e. The summed E-state index contributed by atoms with van der Waals surface area (Å²) in [4.78, 5) is 39.3. The van der Waals surface area contributed by atoms with Gasteiger partial charge in [0.2, 0.25) is 5.91 Å². The highest BCUT2D eigenvalue weighted by Crippen LogP contribution is 2.44. The number of carbonyl (C=O) groups excluding carboxylic acids is 2. The van der Waals surface area contributed by atoms with Crippen LogP contribution in [0.1, 0.15) is 62.5 Å². The van der Waals surface area contributed by atoms with Gasteiger partial charge in [-0.05, 0) is 54.4 Å². The summed E-state index contributed by atoms with van der Waals surface area (Å²) >= 11 is 0. The van der Waals surface area contributed by atoms with Crippen molar-refractivity contribution in [3.63, 3.8) is 0 Å². The molecule has 0 bridgehead atoms. The van der Waals surface area contributed by atoms with Crippen LogP contribution in [-0.4, -0.2) is 53.2 Å². The Labute approximate surface area is 205 Å². The highest BCUT2D eigenvalue weighted by molar-refractivity contribution is 5.82. The fraction of sp³-hybridized carbons (Fsp3) is 0.464. The second-order valence-electron chi connectivity index (χ2n) is 10.3. The van der Waals surface area contributed by atoms with Crippen LogP contribution >= 0.6 is 0 Å². The molecule has 0 radical (unpaired) electrons. The van der Waals surface area contributed by atoms with Gasteiger partial charge in [-0.2, -0.15) is 0 Å². The number of likely N-dealkylation sites (tertiary alicyclic amines) is 1. The Morgan fingerprint density at radius 1 is 1.03 bits per heavy atom. The molecule has 2 amide bonds. The number of carboxylic acid groups (broad SMARTS) is 1. The van der Waals surface area contributed by atoms with Crippen molar-refractivity contribution in [2.45, 2.75) is 56.9 Å². The van der Waals surface area contributed by atoms with Crippen molar-refractivity contribution in [1.29, 1.82) is 0 Å². The summed E-state index contributed by atoms with van der Waals surface area (Å²) in [6, 6.07) is 16.4. The van der Waals surface area contributed by atoms with E-state index in [0.29, 0.717) is 32.2 Å². The van der Waals surface area contributed by atoms with Gasteiger partial charge in [-0.1, -0.05) is 55.5 Å². The zero-order chi connectivity index (χ0) is 24.6. The van der Waals surface area contributed by atoms with Crippen molar-refractivity contribution in [3.05, 3.63) is 59.7 Å². The zero-order valence-corrected chi connectivity index (χ0v) is 20.1. The maximum absolute atomic E-state index is 13.0. The summed E-state index contributed by atoms with van der Waals surface area (Å²) in [5, 5.41) is 12.6. The number of ether oxygens (including phenoxy) is 1. The zero-order valence-electron chi connectivity index (χ0n) is 20.1. The second-order valence-corrected chi connectivity index (χ2v) is 10.3. The lowest BCUT2D eigenvalue weighted by molar-refractivity contribution is -0.148. The molecular formula is C28H32N2O5. The Morgan fingerprint density at radius 2 is 1.66 bits per heavy atom. The summed E-state index contributed by atoms with van der Waals surface area (Å²) in [5.74, 6) is -0.958. The minimum atomic E-state index is -0.858. The van der Waals surface area contributed by atoms with Crippen LogP contribution in [0.5, 0.6) is 0 Å². The Balaban J connectivity index is 1.21.